The fourth-order valence-corrected chi connectivity index (χ4v) is 8.00. The molecule has 0 fully saturated rings. The quantitative estimate of drug-likeness (QED) is 0.247. The van der Waals surface area contributed by atoms with Gasteiger partial charge in [0.2, 0.25) is 7.38 Å². The maximum atomic E-state index is 7.67. The van der Waals surface area contributed by atoms with Gasteiger partial charge in [0.1, 0.15) is 0 Å². The number of hydrogen-bond acceptors (Lipinski definition) is 0. The molecular weight excluding hydrogens is 376 g/mol. The van der Waals surface area contributed by atoms with Crippen LogP contribution in [0.1, 0.15) is 50.7 Å². The van der Waals surface area contributed by atoms with Gasteiger partial charge in [-0.2, -0.15) is 0 Å². The molecule has 2 heteroatoms. The second-order valence-electron chi connectivity index (χ2n) is 7.64. The van der Waals surface area contributed by atoms with E-state index in [-0.39, 0.29) is 0 Å². The Bertz CT molecular complexity index is 792. The molecule has 0 aliphatic heterocycles. The second-order valence-corrected chi connectivity index (χ2v) is 12.4. The summed E-state index contributed by atoms with van der Waals surface area (Å²) in [5, 5.41) is 3.85. The first-order valence-corrected chi connectivity index (χ1v) is 13.6. The lowest BCUT2D eigenvalue weighted by Crippen LogP contribution is -2.63. The topological polar surface area (TPSA) is 0 Å². The van der Waals surface area contributed by atoms with E-state index in [1.165, 1.54) is 52.4 Å². The Balaban J connectivity index is 2.16. The first kappa shape index (κ1) is 20.9. The molecule has 0 atom stereocenters. The molecule has 0 heterocycles. The maximum absolute atomic E-state index is 7.67. The van der Waals surface area contributed by atoms with Gasteiger partial charge in [-0.15, -0.1) is 11.1 Å². The van der Waals surface area contributed by atoms with E-state index in [1.54, 1.807) is 0 Å². The van der Waals surface area contributed by atoms with Crippen LogP contribution >= 0.6 is 11.1 Å². The predicted octanol–water partition coefficient (Wildman–Crippen LogP) is 5.58. The van der Waals surface area contributed by atoms with Crippen molar-refractivity contribution in [2.75, 3.05) is 0 Å². The highest BCUT2D eigenvalue weighted by atomic mass is 35.6. The van der Waals surface area contributed by atoms with Crippen molar-refractivity contribution in [1.82, 2.24) is 0 Å². The summed E-state index contributed by atoms with van der Waals surface area (Å²) in [6.07, 6.45) is 7.15. The Kier molecular flexibility index (Phi) is 7.53. The van der Waals surface area contributed by atoms with Gasteiger partial charge < -0.3 is 0 Å². The Morgan fingerprint density at radius 3 is 1.43 bits per heavy atom. The van der Waals surface area contributed by atoms with Crippen molar-refractivity contribution in [3.8, 4) is 0 Å². The van der Waals surface area contributed by atoms with E-state index in [2.05, 4.69) is 92.7 Å². The monoisotopic (exact) mass is 406 g/mol. The molecule has 3 aromatic rings. The average Bonchev–Trinajstić information content (AvgIpc) is 2.76. The van der Waals surface area contributed by atoms with E-state index >= 15 is 0 Å². The Morgan fingerprint density at radius 1 is 0.607 bits per heavy atom. The van der Waals surface area contributed by atoms with Crippen molar-refractivity contribution in [3.63, 3.8) is 0 Å². The highest BCUT2D eigenvalue weighted by Crippen LogP contribution is 2.17. The van der Waals surface area contributed by atoms with Crippen LogP contribution in [-0.4, -0.2) is 7.38 Å². The fourth-order valence-electron chi connectivity index (χ4n) is 3.85. The largest absolute Gasteiger partial charge is 0.247 e. The summed E-state index contributed by atoms with van der Waals surface area (Å²) in [6.45, 7) is 4.52. The molecule has 3 aromatic carbocycles. The molecule has 0 saturated carbocycles. The minimum atomic E-state index is -2.55. The van der Waals surface area contributed by atoms with Crippen LogP contribution in [0.4, 0.5) is 0 Å². The van der Waals surface area contributed by atoms with E-state index in [1.807, 2.05) is 0 Å². The van der Waals surface area contributed by atoms with Crippen LogP contribution in [0.25, 0.3) is 0 Å². The third kappa shape index (κ3) is 4.77. The van der Waals surface area contributed by atoms with Gasteiger partial charge in [-0.3, -0.25) is 0 Å². The molecule has 3 rings (SSSR count). The van der Waals surface area contributed by atoms with Gasteiger partial charge in [-0.05, 0) is 52.4 Å². The van der Waals surface area contributed by atoms with Crippen molar-refractivity contribution < 1.29 is 0 Å². The van der Waals surface area contributed by atoms with Gasteiger partial charge in [0.05, 0.1) is 0 Å². The summed E-state index contributed by atoms with van der Waals surface area (Å²) < 4.78 is 0. The van der Waals surface area contributed by atoms with Crippen LogP contribution in [0, 0.1) is 0 Å². The maximum Gasteiger partial charge on any atom is 0.247 e. The van der Waals surface area contributed by atoms with Crippen molar-refractivity contribution >= 4 is 34.0 Å². The van der Waals surface area contributed by atoms with E-state index in [9.17, 15) is 0 Å². The number of aryl methyl sites for hydroxylation is 2. The molecule has 146 valence electrons. The molecule has 0 bridgehead atoms. The summed E-state index contributed by atoms with van der Waals surface area (Å²) in [5.74, 6) is 0. The van der Waals surface area contributed by atoms with Crippen molar-refractivity contribution in [2.45, 2.75) is 52.4 Å². The first-order chi connectivity index (χ1) is 13.7. The molecule has 0 spiro atoms. The Hall–Kier alpha value is -1.83. The molecule has 0 radical (unpaired) electrons. The molecule has 0 unspecified atom stereocenters. The third-order valence-electron chi connectivity index (χ3n) is 5.43. The molecule has 0 saturated heterocycles. The Labute approximate surface area is 176 Å². The minimum absolute atomic E-state index is 1.13. The molecule has 0 aromatic heterocycles. The average molecular weight is 407 g/mol. The van der Waals surface area contributed by atoms with E-state index in [0.717, 1.165) is 12.8 Å². The van der Waals surface area contributed by atoms with Gasteiger partial charge in [-0.1, -0.05) is 106 Å². The van der Waals surface area contributed by atoms with E-state index in [0.29, 0.717) is 0 Å². The minimum Gasteiger partial charge on any atom is -0.149 e. The lowest BCUT2D eigenvalue weighted by Gasteiger charge is -2.27. The first-order valence-electron chi connectivity index (χ1n) is 10.6. The normalized spacial score (nSPS) is 11.5. The number of rotatable bonds is 9. The smallest absolute Gasteiger partial charge is 0.149 e. The van der Waals surface area contributed by atoms with Crippen LogP contribution in [0.5, 0.6) is 0 Å². The van der Waals surface area contributed by atoms with Crippen molar-refractivity contribution in [1.29, 1.82) is 0 Å². The van der Waals surface area contributed by atoms with E-state index in [4.69, 9.17) is 11.1 Å². The van der Waals surface area contributed by atoms with Gasteiger partial charge >= 0.3 is 0 Å². The van der Waals surface area contributed by atoms with Gasteiger partial charge in [0.25, 0.3) is 0 Å². The second kappa shape index (κ2) is 10.1. The number of halogens is 1. The molecule has 0 aliphatic carbocycles. The summed E-state index contributed by atoms with van der Waals surface area (Å²) in [7, 11) is -2.55. The molecule has 0 amide bonds. The predicted molar refractivity (Wildman–Crippen MR) is 127 cm³/mol. The summed E-state index contributed by atoms with van der Waals surface area (Å²) in [6, 6.07) is 28.6. The molecule has 28 heavy (non-hydrogen) atoms. The fraction of sp³-hybridized carbons (Fsp3) is 0.308. The summed E-state index contributed by atoms with van der Waals surface area (Å²) >= 11 is 7.67. The molecular formula is C26H31ClSi. The molecule has 0 aliphatic rings. The summed E-state index contributed by atoms with van der Waals surface area (Å²) in [5.41, 5.74) is 2.88. The van der Waals surface area contributed by atoms with Crippen LogP contribution in [-0.2, 0) is 12.8 Å². The van der Waals surface area contributed by atoms with Crippen LogP contribution in [0.15, 0.2) is 78.9 Å². The van der Waals surface area contributed by atoms with Crippen LogP contribution in [0.2, 0.25) is 0 Å². The standard InChI is InChI=1S/C26H31ClSi/c1-3-5-13-22-19-23(14-6-4-2)21-26(20-22)28(27,24-15-9-7-10-16-24)25-17-11-8-12-18-25/h7-12,15-21H,3-6,13-14H2,1-2H3. The van der Waals surface area contributed by atoms with Crippen LogP contribution in [0.3, 0.4) is 0 Å². The van der Waals surface area contributed by atoms with Crippen molar-refractivity contribution in [3.05, 3.63) is 90.0 Å². The number of unbranched alkanes of at least 4 members (excludes halogenated alkanes) is 2. The van der Waals surface area contributed by atoms with Gasteiger partial charge in [0, 0.05) is 0 Å². The molecule has 0 nitrogen and oxygen atoms in total. The van der Waals surface area contributed by atoms with Gasteiger partial charge in [0.15, 0.2) is 0 Å². The summed E-state index contributed by atoms with van der Waals surface area (Å²) in [4.78, 5) is 0. The van der Waals surface area contributed by atoms with Crippen molar-refractivity contribution in [2.24, 2.45) is 0 Å². The van der Waals surface area contributed by atoms with Gasteiger partial charge in [-0.25, -0.2) is 0 Å². The number of benzene rings is 3. The van der Waals surface area contributed by atoms with E-state index < -0.39 is 7.38 Å². The SMILES string of the molecule is CCCCc1cc(CCCC)cc([Si](Cl)(c2ccccc2)c2ccccc2)c1. The molecule has 0 N–H and O–H groups in total. The lowest BCUT2D eigenvalue weighted by atomic mass is 10.0. The number of hydrogen-bond donors (Lipinski definition) is 0. The highest BCUT2D eigenvalue weighted by Gasteiger charge is 2.38. The third-order valence-corrected chi connectivity index (χ3v) is 10.7. The lowest BCUT2D eigenvalue weighted by molar-refractivity contribution is 0.781. The zero-order chi connectivity index (χ0) is 19.8. The highest BCUT2D eigenvalue weighted by molar-refractivity contribution is 7.40. The van der Waals surface area contributed by atoms with Crippen LogP contribution < -0.4 is 15.6 Å². The Morgan fingerprint density at radius 2 is 1.04 bits per heavy atom. The zero-order valence-electron chi connectivity index (χ0n) is 17.1. The zero-order valence-corrected chi connectivity index (χ0v) is 18.9.